The second-order valence-corrected chi connectivity index (χ2v) is 40.8. The number of rotatable bonds is 0. The van der Waals surface area contributed by atoms with Crippen molar-refractivity contribution in [2.45, 2.75) is 334 Å². The van der Waals surface area contributed by atoms with Gasteiger partial charge >= 0.3 is 0 Å². The predicted molar refractivity (Wildman–Crippen MR) is 531 cm³/mol. The van der Waals surface area contributed by atoms with E-state index in [1.54, 1.807) is 11.8 Å². The number of carbonyl (C=O) groups excluding carboxylic acids is 1. The highest BCUT2D eigenvalue weighted by Gasteiger charge is 2.17. The van der Waals surface area contributed by atoms with Gasteiger partial charge in [-0.25, -0.2) is 16.8 Å². The number of hydrazine groups is 1. The molecule has 15 heterocycles. The molecule has 0 aromatic heterocycles. The van der Waals surface area contributed by atoms with E-state index in [-0.39, 0.29) is 0 Å². The number of nitrogens with zero attached hydrogens (tertiary/aromatic N) is 2. The molecule has 0 atom stereocenters. The number of allylic oxidation sites excluding steroid dienone is 3. The highest BCUT2D eigenvalue weighted by atomic mass is 32.2. The number of nitrogens with one attached hydrogen (secondary N) is 10. The topological polar surface area (TPSA) is 267 Å². The molecule has 5 saturated carbocycles. The van der Waals surface area contributed by atoms with Crippen molar-refractivity contribution in [3.63, 3.8) is 0 Å². The number of Topliss-reactive ketones (excluding diaryl/α,β-unsaturated/α-hetero) is 1. The number of hydrogen-bond acceptors (Lipinski definition) is 24. The van der Waals surface area contributed by atoms with E-state index in [9.17, 15) is 21.6 Å². The third-order valence-electron chi connectivity index (χ3n) is 21.3. The van der Waals surface area contributed by atoms with E-state index in [4.69, 9.17) is 14.2 Å². The average Bonchev–Trinajstić information content (AvgIpc) is 1.85. The van der Waals surface area contributed by atoms with Gasteiger partial charge in [0.1, 0.15) is 22.2 Å². The van der Waals surface area contributed by atoms with Crippen molar-refractivity contribution < 1.29 is 40.6 Å². The fourth-order valence-corrected chi connectivity index (χ4v) is 17.7. The average molecular weight is 1800 g/mol. The van der Waals surface area contributed by atoms with Gasteiger partial charge in [-0.15, -0.1) is 11.8 Å². The van der Waals surface area contributed by atoms with Crippen LogP contribution in [0.5, 0.6) is 0 Å². The first-order valence-electron chi connectivity index (χ1n) is 49.6. The van der Waals surface area contributed by atoms with Crippen LogP contribution in [-0.4, -0.2) is 239 Å². The summed E-state index contributed by atoms with van der Waals surface area (Å²) in [5.41, 5.74) is 5.94. The van der Waals surface area contributed by atoms with Gasteiger partial charge in [0.05, 0.1) is 42.8 Å². The first kappa shape index (κ1) is 117. The molecule has 0 bridgehead atoms. The third kappa shape index (κ3) is 103. The third-order valence-corrected chi connectivity index (χ3v) is 27.5. The number of ketones is 1. The van der Waals surface area contributed by atoms with Crippen molar-refractivity contribution >= 4 is 73.4 Å². The quantitative estimate of drug-likeness (QED) is 0.0798. The summed E-state index contributed by atoms with van der Waals surface area (Å²) in [4.78, 5) is 17.9. The number of morpholine rings is 1. The summed E-state index contributed by atoms with van der Waals surface area (Å²) in [6.45, 7) is 25.1. The summed E-state index contributed by atoms with van der Waals surface area (Å²) in [6, 6.07) is 0. The number of piperidine rings is 2. The summed E-state index contributed by atoms with van der Waals surface area (Å²) in [6.07, 6.45) is 86.9. The molecule has 0 spiro atoms. The first-order chi connectivity index (χ1) is 59.8. The van der Waals surface area contributed by atoms with Crippen LogP contribution in [0.3, 0.4) is 0 Å². The van der Waals surface area contributed by atoms with Gasteiger partial charge in [0.25, 0.3) is 0 Å². The number of aliphatic imine (C=N–C) groups is 2. The minimum Gasteiger partial charge on any atom is -0.482 e. The number of sulfone groups is 2. The summed E-state index contributed by atoms with van der Waals surface area (Å²) < 4.78 is 61.9. The molecule has 0 aromatic rings. The van der Waals surface area contributed by atoms with Crippen LogP contribution >= 0.6 is 35.3 Å². The zero-order chi connectivity index (χ0) is 86.5. The van der Waals surface area contributed by atoms with E-state index < -0.39 is 19.7 Å². The van der Waals surface area contributed by atoms with Crippen molar-refractivity contribution in [1.82, 2.24) is 53.4 Å². The normalized spacial score (nSPS) is 23.4. The van der Waals surface area contributed by atoms with Gasteiger partial charge in [-0.2, -0.15) is 23.5 Å². The standard InChI is InChI=1S/C7H14.C6H13N.C6H12O.2C5H11N.C5H9N.C5H8O.C5H10.C5H8.C4H9NO2S.C4H9NO.C4H9NS.C4H5NS.C4H7N.C4H8O2S.C4H8O.C4H8S.2C4H8.C3H8N2.C3H5NO/c3*1-2-4-6-7-5-3-1;3*1-2-4-6-5-3-1;6-5-3-1-2-4-5;2*1-2-4-5-3-1;6-8(7)3-1-5-2-4-8;3*1-3-6-4-2-5-1;1-2-4-5-3-1;5-7(6)3-1-2-4-7;2*1-2-4-5-3-1;2*1-2-4-3-1;1-2-4-5-3-1;1-2-5-3-4-1/h1-7H2;7H,1-6H2;1-6H2;2*6H,1-5H2;2,4,6H,1,3,5H2;1-4H2;1-5H2;1-2H,3-5H2;5H,1-4H2;2*5H,1-4H2;1-5H;3H,1-2,4H2;1-4H2;2*1-4H2;2*1-4H2;4-5H,1-3H2;3H,1-2H2. The van der Waals surface area contributed by atoms with Crippen LogP contribution in [-0.2, 0) is 43.4 Å². The minimum absolute atomic E-state index is 0.312. The molecule has 15 aliphatic heterocycles. The summed E-state index contributed by atoms with van der Waals surface area (Å²) >= 11 is 5.78. The van der Waals surface area contributed by atoms with Crippen molar-refractivity contribution in [2.75, 3.05) is 204 Å². The van der Waals surface area contributed by atoms with Gasteiger partial charge < -0.3 is 61.5 Å². The number of thioether (sulfide) groups is 3. The Morgan fingerprint density at radius 3 is 0.860 bits per heavy atom. The molecule has 0 unspecified atom stereocenters. The number of carbonyl (C=O) groups is 1. The van der Waals surface area contributed by atoms with E-state index >= 15 is 0 Å². The molecule has 10 N–H and O–H groups in total. The van der Waals surface area contributed by atoms with Crippen LogP contribution in [0.1, 0.15) is 334 Å². The molecule has 712 valence electrons. The monoisotopic (exact) mass is 1800 g/mol. The van der Waals surface area contributed by atoms with Gasteiger partial charge in [-0.3, -0.25) is 25.6 Å². The maximum Gasteiger partial charge on any atom is 0.169 e. The Balaban J connectivity index is 0.000000636. The van der Waals surface area contributed by atoms with E-state index in [0.29, 0.717) is 41.9 Å². The fourth-order valence-electron chi connectivity index (χ4n) is 12.9. The van der Waals surface area contributed by atoms with E-state index in [0.717, 1.165) is 131 Å². The van der Waals surface area contributed by atoms with Crippen LogP contribution in [0.15, 0.2) is 57.6 Å². The molecule has 26 heteroatoms. The minimum atomic E-state index is -2.65. The van der Waals surface area contributed by atoms with Crippen LogP contribution in [0.2, 0.25) is 0 Å². The van der Waals surface area contributed by atoms with Gasteiger partial charge in [-0.05, 0) is 228 Å². The molecule has 16 fully saturated rings. The molecule has 0 amide bonds. The molecule has 6 aliphatic carbocycles. The Morgan fingerprint density at radius 2 is 0.678 bits per heavy atom. The smallest absolute Gasteiger partial charge is 0.169 e. The Hall–Kier alpha value is -2.12. The molecule has 121 heavy (non-hydrogen) atoms. The largest absolute Gasteiger partial charge is 0.482 e. The Bertz CT molecular complexity index is 2080. The predicted octanol–water partition coefficient (Wildman–Crippen LogP) is 18.9. The maximum atomic E-state index is 10.6. The van der Waals surface area contributed by atoms with Crippen molar-refractivity contribution in [3.05, 3.63) is 47.6 Å². The molecule has 21 rings (SSSR count). The Labute approximate surface area is 757 Å². The van der Waals surface area contributed by atoms with Crippen molar-refractivity contribution in [3.8, 4) is 0 Å². The lowest BCUT2D eigenvalue weighted by atomic mass is 10.0. The lowest BCUT2D eigenvalue weighted by Gasteiger charge is -2.10. The molecule has 0 radical (unpaired) electrons. The molecule has 21 aliphatic rings. The molecule has 11 saturated heterocycles. The van der Waals surface area contributed by atoms with Crippen LogP contribution in [0.25, 0.3) is 0 Å². The van der Waals surface area contributed by atoms with Crippen molar-refractivity contribution in [1.29, 1.82) is 0 Å². The number of ether oxygens (including phenoxy) is 4. The zero-order valence-electron chi connectivity index (χ0n) is 77.3. The molecular weight excluding hydrogens is 1610 g/mol. The second-order valence-electron chi connectivity index (χ2n) is 32.9. The Morgan fingerprint density at radius 1 is 0.289 bits per heavy atom. The van der Waals surface area contributed by atoms with Gasteiger partial charge in [0.2, 0.25) is 0 Å². The highest BCUT2D eigenvalue weighted by molar-refractivity contribution is 8.04. The van der Waals surface area contributed by atoms with Gasteiger partial charge in [-0.1, -0.05) is 185 Å². The first-order valence-corrected chi connectivity index (χ1v) is 56.5. The second kappa shape index (κ2) is 102. The van der Waals surface area contributed by atoms with Crippen molar-refractivity contribution in [2.24, 2.45) is 9.98 Å². The number of hydrogen-bond donors (Lipinski definition) is 10. The van der Waals surface area contributed by atoms with Crippen LogP contribution < -0.4 is 53.4 Å². The lowest BCUT2D eigenvalue weighted by Crippen LogP contribution is -2.35. The molecule has 21 nitrogen and oxygen atoms in total. The lowest BCUT2D eigenvalue weighted by molar-refractivity contribution is -0.117. The van der Waals surface area contributed by atoms with Crippen LogP contribution in [0.4, 0.5) is 0 Å². The van der Waals surface area contributed by atoms with Gasteiger partial charge in [0, 0.05) is 129 Å². The summed E-state index contributed by atoms with van der Waals surface area (Å²) in [5, 5.41) is 29.3. The van der Waals surface area contributed by atoms with E-state index in [1.165, 1.54) is 377 Å². The SMILES string of the molecule is C1=CCCC1.C1=CNCCC1.C1=CSC=CN1.C1=NCCC1.C1=NCCO1.C1CCC1.C1CCC1.C1CCCC1.C1CCCCCC1.C1CCCNCC1.C1CCCOCC1.C1CCNCC1.C1CCNCC1.C1CCOC1.C1CCSC1.C1CNNC1.C1COCCN1.C1CSCCN1.O=C1CCCC1.O=S1(=O)CCCC1.O=S1(=O)CCNCC1. The highest BCUT2D eigenvalue weighted by Crippen LogP contribution is 2.19. The summed E-state index contributed by atoms with van der Waals surface area (Å²) in [5.74, 6) is 7.37. The fraction of sp³-hybridized carbons (Fsp3) is 0.884. The van der Waals surface area contributed by atoms with E-state index in [2.05, 4.69) is 98.1 Å². The maximum absolute atomic E-state index is 10.6. The molecule has 0 aromatic carbocycles. The van der Waals surface area contributed by atoms with Crippen LogP contribution in [0, 0.1) is 0 Å². The van der Waals surface area contributed by atoms with E-state index in [1.807, 2.05) is 47.4 Å². The summed E-state index contributed by atoms with van der Waals surface area (Å²) in [7, 11) is -5.19. The Kier molecular flexibility index (Phi) is 98.2. The van der Waals surface area contributed by atoms with Gasteiger partial charge in [0.15, 0.2) is 16.2 Å². The molecular formula is C95H188N12O9S5. The zero-order valence-corrected chi connectivity index (χ0v) is 81.4.